The van der Waals surface area contributed by atoms with E-state index in [4.69, 9.17) is 10.5 Å². The molecule has 0 heterocycles. The van der Waals surface area contributed by atoms with Crippen LogP contribution >= 0.6 is 0 Å². The van der Waals surface area contributed by atoms with Crippen molar-refractivity contribution in [1.82, 2.24) is 0 Å². The number of aromatic hydroxyl groups is 1. The molecular weight excluding hydrogens is 133 g/mol. The van der Waals surface area contributed by atoms with Crippen LogP contribution < -0.4 is 0 Å². The first-order valence-corrected chi connectivity index (χ1v) is 2.73. The van der Waals surface area contributed by atoms with Gasteiger partial charge in [0.2, 0.25) is 0 Å². The molecule has 0 spiro atoms. The van der Waals surface area contributed by atoms with Gasteiger partial charge in [-0.2, -0.15) is 0 Å². The number of rotatable bonds is 1. The second-order valence-corrected chi connectivity index (χ2v) is 1.82. The lowest BCUT2D eigenvalue weighted by Crippen LogP contribution is -1.83. The van der Waals surface area contributed by atoms with E-state index in [0.29, 0.717) is 0 Å². The molecular formula is C7H6FNO. The van der Waals surface area contributed by atoms with Crippen molar-refractivity contribution >= 4 is 6.21 Å². The Hall–Kier alpha value is -1.38. The van der Waals surface area contributed by atoms with Gasteiger partial charge in [0, 0.05) is 11.8 Å². The summed E-state index contributed by atoms with van der Waals surface area (Å²) in [5.74, 6) is -1.15. The van der Waals surface area contributed by atoms with E-state index in [1.54, 1.807) is 0 Å². The van der Waals surface area contributed by atoms with Crippen molar-refractivity contribution in [3.63, 3.8) is 0 Å². The SMILES string of the molecule is N=Cc1cccc(F)c1O. The maximum atomic E-state index is 12.4. The summed E-state index contributed by atoms with van der Waals surface area (Å²) < 4.78 is 12.4. The van der Waals surface area contributed by atoms with Crippen molar-refractivity contribution < 1.29 is 9.50 Å². The highest BCUT2D eigenvalue weighted by Crippen LogP contribution is 2.17. The van der Waals surface area contributed by atoms with Crippen LogP contribution in [0.25, 0.3) is 0 Å². The fourth-order valence-corrected chi connectivity index (χ4v) is 0.648. The van der Waals surface area contributed by atoms with Crippen molar-refractivity contribution in [2.24, 2.45) is 0 Å². The Morgan fingerprint density at radius 2 is 2.20 bits per heavy atom. The van der Waals surface area contributed by atoms with Gasteiger partial charge in [-0.25, -0.2) is 4.39 Å². The molecule has 0 saturated heterocycles. The molecule has 0 aliphatic heterocycles. The van der Waals surface area contributed by atoms with Gasteiger partial charge < -0.3 is 10.5 Å². The summed E-state index contributed by atoms with van der Waals surface area (Å²) in [7, 11) is 0. The van der Waals surface area contributed by atoms with Crippen LogP contribution in [0.2, 0.25) is 0 Å². The van der Waals surface area contributed by atoms with Crippen LogP contribution in [0.3, 0.4) is 0 Å². The zero-order chi connectivity index (χ0) is 7.56. The Kier molecular flexibility index (Phi) is 1.67. The zero-order valence-electron chi connectivity index (χ0n) is 5.13. The van der Waals surface area contributed by atoms with E-state index in [-0.39, 0.29) is 5.56 Å². The van der Waals surface area contributed by atoms with Crippen LogP contribution in [0.1, 0.15) is 5.56 Å². The molecule has 1 aromatic carbocycles. The normalized spacial score (nSPS) is 9.30. The molecule has 0 bridgehead atoms. The number of para-hydroxylation sites is 1. The first kappa shape index (κ1) is 6.74. The molecule has 0 fully saturated rings. The Morgan fingerprint density at radius 3 is 2.70 bits per heavy atom. The Bertz CT molecular complexity index is 260. The monoisotopic (exact) mass is 139 g/mol. The van der Waals surface area contributed by atoms with Crippen LogP contribution in [-0.4, -0.2) is 11.3 Å². The summed E-state index contributed by atoms with van der Waals surface area (Å²) in [5, 5.41) is 15.6. The summed E-state index contributed by atoms with van der Waals surface area (Å²) in [6.45, 7) is 0. The van der Waals surface area contributed by atoms with Crippen molar-refractivity contribution in [1.29, 1.82) is 5.41 Å². The summed E-state index contributed by atoms with van der Waals surface area (Å²) in [6, 6.07) is 4.04. The fourth-order valence-electron chi connectivity index (χ4n) is 0.648. The first-order valence-electron chi connectivity index (χ1n) is 2.73. The maximum absolute atomic E-state index is 12.4. The molecule has 2 nitrogen and oxygen atoms in total. The molecule has 0 aliphatic carbocycles. The lowest BCUT2D eigenvalue weighted by atomic mass is 10.2. The molecule has 2 N–H and O–H groups in total. The smallest absolute Gasteiger partial charge is 0.165 e. The topological polar surface area (TPSA) is 44.1 Å². The van der Waals surface area contributed by atoms with Gasteiger partial charge >= 0.3 is 0 Å². The molecule has 0 atom stereocenters. The third-order valence-electron chi connectivity index (χ3n) is 1.17. The number of phenols is 1. The molecule has 0 unspecified atom stereocenters. The molecule has 1 rings (SSSR count). The molecule has 0 radical (unpaired) electrons. The average Bonchev–Trinajstić information content (AvgIpc) is 1.95. The Morgan fingerprint density at radius 1 is 1.50 bits per heavy atom. The third kappa shape index (κ3) is 0.978. The van der Waals surface area contributed by atoms with E-state index in [1.807, 2.05) is 0 Å². The minimum atomic E-state index is -0.694. The van der Waals surface area contributed by atoms with Crippen LogP contribution in [0, 0.1) is 11.2 Å². The molecule has 0 saturated carbocycles. The van der Waals surface area contributed by atoms with Gasteiger partial charge in [0.25, 0.3) is 0 Å². The van der Waals surface area contributed by atoms with E-state index < -0.39 is 11.6 Å². The number of hydrogen-bond acceptors (Lipinski definition) is 2. The van der Waals surface area contributed by atoms with E-state index in [1.165, 1.54) is 12.1 Å². The van der Waals surface area contributed by atoms with Crippen molar-refractivity contribution in [3.8, 4) is 5.75 Å². The van der Waals surface area contributed by atoms with Crippen molar-refractivity contribution in [2.75, 3.05) is 0 Å². The average molecular weight is 139 g/mol. The molecule has 0 aromatic heterocycles. The lowest BCUT2D eigenvalue weighted by molar-refractivity contribution is 0.431. The molecule has 0 amide bonds. The maximum Gasteiger partial charge on any atom is 0.165 e. The molecule has 0 aliphatic rings. The van der Waals surface area contributed by atoms with Crippen LogP contribution in [0.4, 0.5) is 4.39 Å². The minimum Gasteiger partial charge on any atom is -0.504 e. The molecule has 1 aromatic rings. The van der Waals surface area contributed by atoms with Gasteiger partial charge in [0.15, 0.2) is 11.6 Å². The van der Waals surface area contributed by atoms with Gasteiger partial charge in [-0.15, -0.1) is 0 Å². The highest BCUT2D eigenvalue weighted by Gasteiger charge is 2.01. The van der Waals surface area contributed by atoms with E-state index >= 15 is 0 Å². The number of phenolic OH excluding ortho intramolecular Hbond substituents is 1. The largest absolute Gasteiger partial charge is 0.504 e. The molecule has 3 heteroatoms. The van der Waals surface area contributed by atoms with Crippen LogP contribution in [-0.2, 0) is 0 Å². The Labute approximate surface area is 57.4 Å². The standard InChI is InChI=1S/C7H6FNO/c8-6-3-1-2-5(4-9)7(6)10/h1-4,9-10H. The molecule has 10 heavy (non-hydrogen) atoms. The van der Waals surface area contributed by atoms with E-state index in [0.717, 1.165) is 12.3 Å². The third-order valence-corrected chi connectivity index (χ3v) is 1.17. The van der Waals surface area contributed by atoms with Gasteiger partial charge in [-0.05, 0) is 12.1 Å². The minimum absolute atomic E-state index is 0.194. The van der Waals surface area contributed by atoms with Crippen molar-refractivity contribution in [3.05, 3.63) is 29.6 Å². The fraction of sp³-hybridized carbons (Fsp3) is 0. The van der Waals surface area contributed by atoms with E-state index in [9.17, 15) is 4.39 Å². The highest BCUT2D eigenvalue weighted by atomic mass is 19.1. The predicted molar refractivity (Wildman–Crippen MR) is 36.0 cm³/mol. The number of halogens is 1. The summed E-state index contributed by atoms with van der Waals surface area (Å²) >= 11 is 0. The predicted octanol–water partition coefficient (Wildman–Crippen LogP) is 1.53. The Balaban J connectivity index is 3.27. The summed E-state index contributed by atoms with van der Waals surface area (Å²) in [6.07, 6.45) is 0.901. The van der Waals surface area contributed by atoms with Gasteiger partial charge in [-0.3, -0.25) is 0 Å². The second kappa shape index (κ2) is 2.47. The highest BCUT2D eigenvalue weighted by molar-refractivity contribution is 5.80. The molecule has 52 valence electrons. The van der Waals surface area contributed by atoms with E-state index in [2.05, 4.69) is 0 Å². The number of hydrogen-bond donors (Lipinski definition) is 2. The summed E-state index contributed by atoms with van der Waals surface area (Å²) in [5.41, 5.74) is 0.194. The lowest BCUT2D eigenvalue weighted by Gasteiger charge is -1.96. The van der Waals surface area contributed by atoms with Crippen LogP contribution in [0.15, 0.2) is 18.2 Å². The summed E-state index contributed by atoms with van der Waals surface area (Å²) in [4.78, 5) is 0. The van der Waals surface area contributed by atoms with Crippen LogP contribution in [0.5, 0.6) is 5.75 Å². The first-order chi connectivity index (χ1) is 4.75. The zero-order valence-corrected chi connectivity index (χ0v) is 5.13. The van der Waals surface area contributed by atoms with Gasteiger partial charge in [-0.1, -0.05) is 6.07 Å². The van der Waals surface area contributed by atoms with Crippen molar-refractivity contribution in [2.45, 2.75) is 0 Å². The van der Waals surface area contributed by atoms with Gasteiger partial charge in [0.05, 0.1) is 0 Å². The number of nitrogens with one attached hydrogen (secondary N) is 1. The quantitative estimate of drug-likeness (QED) is 0.569. The van der Waals surface area contributed by atoms with Gasteiger partial charge in [0.1, 0.15) is 0 Å². The second-order valence-electron chi connectivity index (χ2n) is 1.82. The number of benzene rings is 1.